The minimum absolute atomic E-state index is 0.0869. The van der Waals surface area contributed by atoms with E-state index >= 15 is 0 Å². The van der Waals surface area contributed by atoms with Gasteiger partial charge in [0, 0.05) is 6.42 Å². The van der Waals surface area contributed by atoms with Crippen molar-refractivity contribution >= 4 is 34.7 Å². The van der Waals surface area contributed by atoms with Crippen LogP contribution in [0, 0.1) is 6.92 Å². The molecule has 0 fully saturated rings. The molecule has 0 bridgehead atoms. The van der Waals surface area contributed by atoms with Gasteiger partial charge in [-0.3, -0.25) is 20.4 Å². The van der Waals surface area contributed by atoms with Crippen LogP contribution in [0.15, 0.2) is 58.2 Å². The molecule has 28 heavy (non-hydrogen) atoms. The number of thioether (sulfide) groups is 1. The fourth-order valence-corrected chi connectivity index (χ4v) is 3.04. The average molecular weight is 399 g/mol. The molecule has 8 heteroatoms. The van der Waals surface area contributed by atoms with Crippen molar-refractivity contribution in [3.8, 4) is 5.75 Å². The fraction of sp³-hybridized carbons (Fsp3) is 0.250. The minimum Gasteiger partial charge on any atom is -0.494 e. The number of amides is 2. The third-order valence-corrected chi connectivity index (χ3v) is 4.58. The van der Waals surface area contributed by atoms with Crippen LogP contribution in [0.1, 0.15) is 18.4 Å². The molecule has 0 unspecified atom stereocenters. The lowest BCUT2D eigenvalue weighted by atomic mass is 10.2. The van der Waals surface area contributed by atoms with E-state index in [1.54, 1.807) is 0 Å². The van der Waals surface area contributed by atoms with E-state index in [4.69, 9.17) is 9.15 Å². The highest BCUT2D eigenvalue weighted by atomic mass is 32.2. The van der Waals surface area contributed by atoms with E-state index in [0.29, 0.717) is 23.8 Å². The molecular formula is C20H21N3O4S. The van der Waals surface area contributed by atoms with Crippen molar-refractivity contribution in [2.45, 2.75) is 25.0 Å². The van der Waals surface area contributed by atoms with Gasteiger partial charge in [-0.2, -0.15) is 0 Å². The van der Waals surface area contributed by atoms with Gasteiger partial charge in [-0.1, -0.05) is 36.0 Å². The summed E-state index contributed by atoms with van der Waals surface area (Å²) in [6, 6.07) is 15.1. The highest BCUT2D eigenvalue weighted by Crippen LogP contribution is 2.22. The van der Waals surface area contributed by atoms with Crippen molar-refractivity contribution in [2.24, 2.45) is 0 Å². The number of hydrogen-bond donors (Lipinski definition) is 2. The van der Waals surface area contributed by atoms with Gasteiger partial charge >= 0.3 is 0 Å². The number of hydrogen-bond acceptors (Lipinski definition) is 6. The topological polar surface area (TPSA) is 93.5 Å². The average Bonchev–Trinajstić information content (AvgIpc) is 3.11. The summed E-state index contributed by atoms with van der Waals surface area (Å²) >= 11 is 1.17. The summed E-state index contributed by atoms with van der Waals surface area (Å²) in [6.45, 7) is 2.42. The summed E-state index contributed by atoms with van der Waals surface area (Å²) in [4.78, 5) is 27.9. The van der Waals surface area contributed by atoms with Gasteiger partial charge in [-0.25, -0.2) is 4.98 Å². The highest BCUT2D eigenvalue weighted by Gasteiger charge is 2.10. The minimum atomic E-state index is -0.336. The molecule has 3 aromatic rings. The molecule has 0 atom stereocenters. The molecule has 2 N–H and O–H groups in total. The predicted molar refractivity (Wildman–Crippen MR) is 107 cm³/mol. The lowest BCUT2D eigenvalue weighted by Crippen LogP contribution is -2.42. The maximum absolute atomic E-state index is 11.8. The molecule has 0 radical (unpaired) electrons. The normalized spacial score (nSPS) is 10.6. The molecule has 0 aliphatic rings. The Hall–Kier alpha value is -3.00. The Morgan fingerprint density at radius 1 is 1.11 bits per heavy atom. The van der Waals surface area contributed by atoms with Crippen LogP contribution in [-0.2, 0) is 9.59 Å². The van der Waals surface area contributed by atoms with E-state index in [2.05, 4.69) is 15.8 Å². The smallest absolute Gasteiger partial charge is 0.257 e. The monoisotopic (exact) mass is 399 g/mol. The maximum Gasteiger partial charge on any atom is 0.257 e. The van der Waals surface area contributed by atoms with E-state index < -0.39 is 0 Å². The second-order valence-corrected chi connectivity index (χ2v) is 7.03. The van der Waals surface area contributed by atoms with Crippen LogP contribution >= 0.6 is 11.8 Å². The Morgan fingerprint density at radius 3 is 2.75 bits per heavy atom. The second-order valence-electron chi connectivity index (χ2n) is 6.10. The summed E-state index contributed by atoms with van der Waals surface area (Å²) in [5.41, 5.74) is 7.31. The molecule has 3 rings (SSSR count). The standard InChI is InChI=1S/C20H21N3O4S/c1-14-6-4-7-15(12-14)26-11-5-10-18(24)22-23-19(25)13-28-20-21-16-8-2-3-9-17(16)27-20/h2-4,6-9,12H,5,10-11,13H2,1H3,(H,22,24)(H,23,25). The van der Waals surface area contributed by atoms with Crippen molar-refractivity contribution in [3.63, 3.8) is 0 Å². The summed E-state index contributed by atoms with van der Waals surface area (Å²) in [6.07, 6.45) is 0.803. The van der Waals surface area contributed by atoms with Crippen LogP contribution in [0.5, 0.6) is 5.75 Å². The van der Waals surface area contributed by atoms with Crippen LogP contribution in [0.3, 0.4) is 0 Å². The van der Waals surface area contributed by atoms with Gasteiger partial charge in [-0.05, 0) is 43.2 Å². The summed E-state index contributed by atoms with van der Waals surface area (Å²) in [5.74, 6) is 0.262. The quantitative estimate of drug-likeness (QED) is 0.343. The van der Waals surface area contributed by atoms with Gasteiger partial charge in [0.15, 0.2) is 5.58 Å². The molecule has 2 aromatic carbocycles. The Bertz CT molecular complexity index is 924. The molecule has 1 aromatic heterocycles. The van der Waals surface area contributed by atoms with Crippen molar-refractivity contribution in [2.75, 3.05) is 12.4 Å². The van der Waals surface area contributed by atoms with Gasteiger partial charge in [0.05, 0.1) is 12.4 Å². The number of rotatable bonds is 8. The first-order valence-electron chi connectivity index (χ1n) is 8.86. The molecule has 7 nitrogen and oxygen atoms in total. The number of nitrogens with one attached hydrogen (secondary N) is 2. The van der Waals surface area contributed by atoms with Crippen molar-refractivity contribution < 1.29 is 18.7 Å². The SMILES string of the molecule is Cc1cccc(OCCCC(=O)NNC(=O)CSc2nc3ccccc3o2)c1. The lowest BCUT2D eigenvalue weighted by Gasteiger charge is -2.08. The number of aromatic nitrogens is 1. The zero-order valence-electron chi connectivity index (χ0n) is 15.4. The van der Waals surface area contributed by atoms with Crippen molar-refractivity contribution in [3.05, 3.63) is 54.1 Å². The van der Waals surface area contributed by atoms with Gasteiger partial charge in [0.1, 0.15) is 11.3 Å². The van der Waals surface area contributed by atoms with E-state index in [1.807, 2.05) is 55.5 Å². The van der Waals surface area contributed by atoms with Gasteiger partial charge in [0.25, 0.3) is 5.22 Å². The van der Waals surface area contributed by atoms with Gasteiger partial charge < -0.3 is 9.15 Å². The van der Waals surface area contributed by atoms with Gasteiger partial charge in [0.2, 0.25) is 11.8 Å². The third kappa shape index (κ3) is 6.02. The zero-order chi connectivity index (χ0) is 19.8. The Kier molecular flexibility index (Phi) is 6.91. The van der Waals surface area contributed by atoms with Crippen LogP contribution < -0.4 is 15.6 Å². The Labute approximate surface area is 166 Å². The van der Waals surface area contributed by atoms with E-state index in [1.165, 1.54) is 11.8 Å². The van der Waals surface area contributed by atoms with Crippen molar-refractivity contribution in [1.82, 2.24) is 15.8 Å². The first-order valence-corrected chi connectivity index (χ1v) is 9.84. The summed E-state index contributed by atoms with van der Waals surface area (Å²) in [7, 11) is 0. The fourth-order valence-electron chi connectivity index (χ4n) is 2.41. The molecule has 0 aliphatic carbocycles. The molecule has 2 amide bonds. The highest BCUT2D eigenvalue weighted by molar-refractivity contribution is 7.99. The molecule has 1 heterocycles. The number of carbonyl (C=O) groups excluding carboxylic acids is 2. The number of nitrogens with zero attached hydrogens (tertiary/aromatic N) is 1. The molecular weight excluding hydrogens is 378 g/mol. The van der Waals surface area contributed by atoms with Crippen LogP contribution in [0.25, 0.3) is 11.1 Å². The maximum atomic E-state index is 11.8. The van der Waals surface area contributed by atoms with Crippen LogP contribution in [-0.4, -0.2) is 29.2 Å². The molecule has 0 saturated carbocycles. The van der Waals surface area contributed by atoms with Gasteiger partial charge in [-0.15, -0.1) is 0 Å². The third-order valence-electron chi connectivity index (χ3n) is 3.75. The second kappa shape index (κ2) is 9.80. The molecule has 0 saturated heterocycles. The summed E-state index contributed by atoms with van der Waals surface area (Å²) in [5, 5.41) is 0.413. The number of benzene rings is 2. The Balaban J connectivity index is 1.30. The number of oxazole rings is 1. The molecule has 0 spiro atoms. The molecule has 146 valence electrons. The van der Waals surface area contributed by atoms with E-state index in [-0.39, 0.29) is 24.0 Å². The lowest BCUT2D eigenvalue weighted by molar-refractivity contribution is -0.127. The van der Waals surface area contributed by atoms with Crippen LogP contribution in [0.4, 0.5) is 0 Å². The number of carbonyl (C=O) groups is 2. The molecule has 0 aliphatic heterocycles. The number of para-hydroxylation sites is 2. The van der Waals surface area contributed by atoms with E-state index in [0.717, 1.165) is 16.8 Å². The predicted octanol–water partition coefficient (Wildman–Crippen LogP) is 3.23. The number of fused-ring (bicyclic) bond motifs is 1. The van der Waals surface area contributed by atoms with E-state index in [9.17, 15) is 9.59 Å². The van der Waals surface area contributed by atoms with Crippen molar-refractivity contribution in [1.29, 1.82) is 0 Å². The summed E-state index contributed by atoms with van der Waals surface area (Å²) < 4.78 is 11.1. The number of ether oxygens (including phenoxy) is 1. The first-order chi connectivity index (χ1) is 13.6. The first kappa shape index (κ1) is 19.8. The largest absolute Gasteiger partial charge is 0.494 e. The van der Waals surface area contributed by atoms with Crippen LogP contribution in [0.2, 0.25) is 0 Å². The zero-order valence-corrected chi connectivity index (χ0v) is 16.3. The number of aryl methyl sites for hydroxylation is 1. The number of hydrazine groups is 1. The Morgan fingerprint density at radius 2 is 1.93 bits per heavy atom.